The maximum absolute atomic E-state index is 13.1. The Bertz CT molecular complexity index is 1020. The molecule has 4 rings (SSSR count). The van der Waals surface area contributed by atoms with Crippen molar-refractivity contribution in [1.82, 2.24) is 10.2 Å². The number of fused-ring (bicyclic) bond motifs is 1. The Balaban J connectivity index is 1.57. The Morgan fingerprint density at radius 3 is 2.27 bits per heavy atom. The molecule has 0 bridgehead atoms. The average Bonchev–Trinajstić information content (AvgIpc) is 2.79. The molecule has 0 amide bonds. The third-order valence-electron chi connectivity index (χ3n) is 5.31. The van der Waals surface area contributed by atoms with Gasteiger partial charge in [-0.1, -0.05) is 0 Å². The third-order valence-corrected chi connectivity index (χ3v) is 5.31. The highest BCUT2D eigenvalue weighted by Crippen LogP contribution is 2.45. The molecule has 1 aliphatic rings. The van der Waals surface area contributed by atoms with Gasteiger partial charge in [0.15, 0.2) is 17.3 Å². The van der Waals surface area contributed by atoms with Gasteiger partial charge in [0.2, 0.25) is 5.75 Å². The molecule has 1 saturated heterocycles. The lowest BCUT2D eigenvalue weighted by molar-refractivity contribution is 0.170. The second kappa shape index (κ2) is 8.61. The van der Waals surface area contributed by atoms with Crippen LogP contribution in [-0.2, 0) is 0 Å². The summed E-state index contributed by atoms with van der Waals surface area (Å²) in [5.41, 5.74) is 0. The van der Waals surface area contributed by atoms with Gasteiger partial charge in [0.05, 0.1) is 32.9 Å². The van der Waals surface area contributed by atoms with Crippen molar-refractivity contribution in [2.24, 2.45) is 0 Å². The summed E-state index contributed by atoms with van der Waals surface area (Å²) in [6.45, 7) is 1.52. The van der Waals surface area contributed by atoms with Crippen molar-refractivity contribution in [3.63, 3.8) is 0 Å². The van der Waals surface area contributed by atoms with Crippen LogP contribution in [0.3, 0.4) is 0 Å². The van der Waals surface area contributed by atoms with Gasteiger partial charge in [0, 0.05) is 31.3 Å². The second-order valence-electron chi connectivity index (χ2n) is 7.03. The maximum atomic E-state index is 13.1. The van der Waals surface area contributed by atoms with Gasteiger partial charge in [0.1, 0.15) is 17.7 Å². The van der Waals surface area contributed by atoms with E-state index in [2.05, 4.69) is 15.1 Å². The van der Waals surface area contributed by atoms with Crippen molar-refractivity contribution in [1.29, 1.82) is 0 Å². The zero-order valence-electron chi connectivity index (χ0n) is 17.2. The van der Waals surface area contributed by atoms with Gasteiger partial charge < -0.3 is 23.8 Å². The lowest BCUT2D eigenvalue weighted by atomic mass is 10.1. The van der Waals surface area contributed by atoms with Crippen LogP contribution in [0, 0.1) is 5.82 Å². The molecule has 1 fully saturated rings. The fraction of sp³-hybridized carbons (Fsp3) is 0.364. The quantitative estimate of drug-likeness (QED) is 0.608. The number of methoxy groups -OCH3 is 3. The monoisotopic (exact) mass is 413 g/mol. The molecule has 1 aromatic heterocycles. The number of anilines is 1. The first-order valence-electron chi connectivity index (χ1n) is 9.76. The molecule has 8 heteroatoms. The zero-order chi connectivity index (χ0) is 21.1. The number of ether oxygens (including phenoxy) is 4. The lowest BCUT2D eigenvalue weighted by Crippen LogP contribution is -2.38. The highest BCUT2D eigenvalue weighted by molar-refractivity contribution is 5.99. The summed E-state index contributed by atoms with van der Waals surface area (Å²) in [5, 5.41) is 10.3. The van der Waals surface area contributed by atoms with E-state index in [9.17, 15) is 4.39 Å². The number of hydrogen-bond acceptors (Lipinski definition) is 7. The van der Waals surface area contributed by atoms with Gasteiger partial charge in [-0.2, -0.15) is 5.10 Å². The highest BCUT2D eigenvalue weighted by Gasteiger charge is 2.25. The van der Waals surface area contributed by atoms with Gasteiger partial charge in [-0.25, -0.2) is 4.39 Å². The molecule has 0 aliphatic carbocycles. The van der Waals surface area contributed by atoms with Gasteiger partial charge in [-0.05, 0) is 30.3 Å². The van der Waals surface area contributed by atoms with Gasteiger partial charge >= 0.3 is 0 Å². The molecular weight excluding hydrogens is 389 g/mol. The van der Waals surface area contributed by atoms with Crippen LogP contribution in [0.5, 0.6) is 23.0 Å². The molecule has 158 valence electrons. The van der Waals surface area contributed by atoms with Crippen LogP contribution in [0.2, 0.25) is 0 Å². The minimum absolute atomic E-state index is 0.0683. The molecule has 0 saturated carbocycles. The highest BCUT2D eigenvalue weighted by atomic mass is 19.1. The molecule has 2 heterocycles. The predicted molar refractivity (Wildman–Crippen MR) is 111 cm³/mol. The van der Waals surface area contributed by atoms with Gasteiger partial charge in [-0.15, -0.1) is 5.10 Å². The van der Waals surface area contributed by atoms with Crippen LogP contribution in [0.1, 0.15) is 12.8 Å². The number of aromatic nitrogens is 2. The maximum Gasteiger partial charge on any atom is 0.204 e. The van der Waals surface area contributed by atoms with Crippen molar-refractivity contribution in [3.8, 4) is 23.0 Å². The fourth-order valence-electron chi connectivity index (χ4n) is 3.81. The van der Waals surface area contributed by atoms with Crippen LogP contribution in [0.25, 0.3) is 10.8 Å². The van der Waals surface area contributed by atoms with Crippen LogP contribution in [0.4, 0.5) is 10.2 Å². The van der Waals surface area contributed by atoms with E-state index in [1.54, 1.807) is 39.7 Å². The number of rotatable bonds is 6. The summed E-state index contributed by atoms with van der Waals surface area (Å²) in [7, 11) is 4.76. The van der Waals surface area contributed by atoms with Crippen molar-refractivity contribution in [2.45, 2.75) is 18.9 Å². The molecule has 2 aromatic carbocycles. The zero-order valence-corrected chi connectivity index (χ0v) is 17.2. The van der Waals surface area contributed by atoms with E-state index in [0.29, 0.717) is 23.0 Å². The minimum Gasteiger partial charge on any atom is -0.493 e. The van der Waals surface area contributed by atoms with Gasteiger partial charge in [-0.3, -0.25) is 0 Å². The van der Waals surface area contributed by atoms with E-state index in [4.69, 9.17) is 18.9 Å². The van der Waals surface area contributed by atoms with E-state index >= 15 is 0 Å². The fourth-order valence-corrected chi connectivity index (χ4v) is 3.81. The van der Waals surface area contributed by atoms with E-state index in [1.165, 1.54) is 12.1 Å². The van der Waals surface area contributed by atoms with Crippen molar-refractivity contribution < 1.29 is 23.3 Å². The van der Waals surface area contributed by atoms with Crippen LogP contribution in [-0.4, -0.2) is 50.7 Å². The minimum atomic E-state index is -0.269. The van der Waals surface area contributed by atoms with Crippen molar-refractivity contribution in [2.75, 3.05) is 39.3 Å². The Labute approximate surface area is 174 Å². The summed E-state index contributed by atoms with van der Waals surface area (Å²) in [6.07, 6.45) is 3.38. The van der Waals surface area contributed by atoms with E-state index in [1.807, 2.05) is 6.07 Å². The molecule has 0 spiro atoms. The number of benzene rings is 2. The number of hydrogen-bond donors (Lipinski definition) is 0. The summed E-state index contributed by atoms with van der Waals surface area (Å²) in [6, 6.07) is 8.03. The van der Waals surface area contributed by atoms with E-state index in [-0.39, 0.29) is 11.9 Å². The first-order valence-corrected chi connectivity index (χ1v) is 9.76. The first kappa shape index (κ1) is 20.0. The SMILES string of the molecule is COc1cc2c(N3CCC(Oc4ccc(F)cc4)CC3)nncc2c(OC)c1OC. The largest absolute Gasteiger partial charge is 0.493 e. The molecule has 0 atom stereocenters. The molecule has 1 aliphatic heterocycles. The summed E-state index contributed by atoms with van der Waals surface area (Å²) in [5.74, 6) is 2.85. The van der Waals surface area contributed by atoms with Crippen molar-refractivity contribution in [3.05, 3.63) is 42.3 Å². The Hall–Kier alpha value is -3.29. The smallest absolute Gasteiger partial charge is 0.204 e. The Kier molecular flexibility index (Phi) is 5.74. The Morgan fingerprint density at radius 1 is 0.933 bits per heavy atom. The van der Waals surface area contributed by atoms with E-state index < -0.39 is 0 Å². The van der Waals surface area contributed by atoms with Crippen LogP contribution in [0.15, 0.2) is 36.5 Å². The van der Waals surface area contributed by atoms with Crippen molar-refractivity contribution >= 4 is 16.6 Å². The lowest BCUT2D eigenvalue weighted by Gasteiger charge is -2.33. The summed E-state index contributed by atoms with van der Waals surface area (Å²) < 4.78 is 35.7. The molecule has 7 nitrogen and oxygen atoms in total. The molecule has 0 N–H and O–H groups in total. The number of nitrogens with zero attached hydrogens (tertiary/aromatic N) is 3. The second-order valence-corrected chi connectivity index (χ2v) is 7.03. The Morgan fingerprint density at radius 2 is 1.63 bits per heavy atom. The van der Waals surface area contributed by atoms with Crippen LogP contribution < -0.4 is 23.8 Å². The third kappa shape index (κ3) is 3.77. The molecule has 3 aromatic rings. The first-order chi connectivity index (χ1) is 14.6. The molecular formula is C22H24FN3O4. The summed E-state index contributed by atoms with van der Waals surface area (Å²) >= 11 is 0. The molecule has 0 radical (unpaired) electrons. The summed E-state index contributed by atoms with van der Waals surface area (Å²) in [4.78, 5) is 2.19. The average molecular weight is 413 g/mol. The molecule has 30 heavy (non-hydrogen) atoms. The molecule has 0 unspecified atom stereocenters. The number of piperidine rings is 1. The van der Waals surface area contributed by atoms with E-state index in [0.717, 1.165) is 42.5 Å². The topological polar surface area (TPSA) is 65.9 Å². The van der Waals surface area contributed by atoms with Crippen LogP contribution >= 0.6 is 0 Å². The predicted octanol–water partition coefficient (Wildman–Crippen LogP) is 3.84. The standard InChI is InChI=1S/C22H24FN3O4/c1-27-19-12-17-18(20(28-2)21(19)29-3)13-24-25-22(17)26-10-8-16(9-11-26)30-15-6-4-14(23)5-7-15/h4-7,12-13,16H,8-11H2,1-3H3. The number of halogens is 1. The van der Waals surface area contributed by atoms with Gasteiger partial charge in [0.25, 0.3) is 0 Å². The normalized spacial score (nSPS) is 14.6.